The molecule has 1 aromatic heterocycles. The molecular weight excluding hydrogens is 254 g/mol. The topological polar surface area (TPSA) is 77.0 Å². The smallest absolute Gasteiger partial charge is 0.343 e. The maximum absolute atomic E-state index is 11.5. The molecule has 7 heteroatoms. The van der Waals surface area contributed by atoms with E-state index in [4.69, 9.17) is 4.74 Å². The minimum absolute atomic E-state index is 0.225. The Morgan fingerprint density at radius 1 is 1.50 bits per heavy atom. The van der Waals surface area contributed by atoms with E-state index in [-0.39, 0.29) is 11.7 Å². The van der Waals surface area contributed by atoms with E-state index in [1.165, 1.54) is 16.3 Å². The lowest BCUT2D eigenvalue weighted by molar-refractivity contribution is -0.154. The molecule has 0 radical (unpaired) electrons. The molecule has 18 heavy (non-hydrogen) atoms. The second-order valence-corrected chi connectivity index (χ2v) is 5.80. The molecule has 6 nitrogen and oxygen atoms in total. The molecule has 0 bridgehead atoms. The minimum atomic E-state index is -0.459. The standard InChI is InChI=1S/C11H19N3O3S/c1-5-14-9(16)12-13-10(14)18-7-6-8(15)17-11(2,3)4/h5-7H2,1-4H3,(H,12,16). The molecule has 0 aromatic carbocycles. The van der Waals surface area contributed by atoms with E-state index in [0.717, 1.165) is 0 Å². The van der Waals surface area contributed by atoms with Gasteiger partial charge in [0.05, 0.1) is 6.42 Å². The molecule has 0 unspecified atom stereocenters. The number of carbonyl (C=O) groups is 1. The summed E-state index contributed by atoms with van der Waals surface area (Å²) in [5.41, 5.74) is -0.683. The fourth-order valence-electron chi connectivity index (χ4n) is 1.31. The van der Waals surface area contributed by atoms with Gasteiger partial charge in [0.2, 0.25) is 0 Å². The number of esters is 1. The Bertz CT molecular complexity index is 459. The molecule has 0 spiro atoms. The van der Waals surface area contributed by atoms with Gasteiger partial charge in [-0.25, -0.2) is 9.89 Å². The van der Waals surface area contributed by atoms with Gasteiger partial charge < -0.3 is 4.74 Å². The highest BCUT2D eigenvalue weighted by atomic mass is 32.2. The van der Waals surface area contributed by atoms with Crippen molar-refractivity contribution in [3.8, 4) is 0 Å². The number of hydrogen-bond donors (Lipinski definition) is 1. The highest BCUT2D eigenvalue weighted by Crippen LogP contribution is 2.15. The molecule has 1 aromatic rings. The van der Waals surface area contributed by atoms with E-state index >= 15 is 0 Å². The summed E-state index contributed by atoms with van der Waals surface area (Å²) in [4.78, 5) is 22.8. The molecule has 0 atom stereocenters. The number of aromatic amines is 1. The quantitative estimate of drug-likeness (QED) is 0.648. The summed E-state index contributed by atoms with van der Waals surface area (Å²) >= 11 is 1.37. The number of rotatable bonds is 5. The van der Waals surface area contributed by atoms with Crippen LogP contribution in [0.5, 0.6) is 0 Å². The maximum atomic E-state index is 11.5. The molecule has 0 saturated heterocycles. The first-order valence-electron chi connectivity index (χ1n) is 5.83. The summed E-state index contributed by atoms with van der Waals surface area (Å²) < 4.78 is 6.72. The largest absolute Gasteiger partial charge is 0.460 e. The molecule has 0 aliphatic rings. The van der Waals surface area contributed by atoms with Crippen LogP contribution in [0, 0.1) is 0 Å². The molecule has 0 amide bonds. The summed E-state index contributed by atoms with van der Waals surface area (Å²) in [5.74, 6) is 0.301. The third-order valence-corrected chi connectivity index (χ3v) is 2.97. The van der Waals surface area contributed by atoms with Crippen LogP contribution >= 0.6 is 11.8 Å². The van der Waals surface area contributed by atoms with Crippen LogP contribution < -0.4 is 5.69 Å². The lowest BCUT2D eigenvalue weighted by Gasteiger charge is -2.19. The molecule has 102 valence electrons. The highest BCUT2D eigenvalue weighted by Gasteiger charge is 2.16. The van der Waals surface area contributed by atoms with Crippen LogP contribution in [0.3, 0.4) is 0 Å². The molecule has 0 aliphatic heterocycles. The Labute approximate surface area is 110 Å². The van der Waals surface area contributed by atoms with Gasteiger partial charge in [-0.05, 0) is 27.7 Å². The Morgan fingerprint density at radius 2 is 2.17 bits per heavy atom. The van der Waals surface area contributed by atoms with Gasteiger partial charge in [0.15, 0.2) is 5.16 Å². The minimum Gasteiger partial charge on any atom is -0.460 e. The Kier molecular flexibility index (Phi) is 5.01. The third kappa shape index (κ3) is 4.56. The second-order valence-electron chi connectivity index (χ2n) is 4.74. The zero-order chi connectivity index (χ0) is 13.8. The van der Waals surface area contributed by atoms with E-state index in [0.29, 0.717) is 23.9 Å². The lowest BCUT2D eigenvalue weighted by Crippen LogP contribution is -2.24. The van der Waals surface area contributed by atoms with Crippen molar-refractivity contribution in [1.82, 2.24) is 14.8 Å². The molecule has 0 aliphatic carbocycles. The summed E-state index contributed by atoms with van der Waals surface area (Å²) in [6, 6.07) is 0. The summed E-state index contributed by atoms with van der Waals surface area (Å²) in [5, 5.41) is 6.88. The first-order chi connectivity index (χ1) is 8.33. The van der Waals surface area contributed by atoms with E-state index in [1.807, 2.05) is 27.7 Å². The summed E-state index contributed by atoms with van der Waals surface area (Å²) in [7, 11) is 0. The van der Waals surface area contributed by atoms with Gasteiger partial charge in [-0.2, -0.15) is 0 Å². The normalized spacial score (nSPS) is 11.6. The highest BCUT2D eigenvalue weighted by molar-refractivity contribution is 7.99. The van der Waals surface area contributed by atoms with E-state index in [1.54, 1.807) is 0 Å². The number of hydrogen-bond acceptors (Lipinski definition) is 5. The van der Waals surface area contributed by atoms with Crippen molar-refractivity contribution in [2.45, 2.75) is 51.4 Å². The molecule has 0 fully saturated rings. The molecule has 0 saturated carbocycles. The number of ether oxygens (including phenoxy) is 1. The number of nitrogens with zero attached hydrogens (tertiary/aromatic N) is 2. The van der Waals surface area contributed by atoms with Gasteiger partial charge in [0.25, 0.3) is 0 Å². The van der Waals surface area contributed by atoms with Crippen LogP contribution in [0.15, 0.2) is 9.95 Å². The first kappa shape index (κ1) is 14.8. The lowest BCUT2D eigenvalue weighted by atomic mass is 10.2. The number of H-pyrrole nitrogens is 1. The van der Waals surface area contributed by atoms with Crippen LogP contribution in [0.4, 0.5) is 0 Å². The van der Waals surface area contributed by atoms with E-state index in [2.05, 4.69) is 10.2 Å². The van der Waals surface area contributed by atoms with Crippen molar-refractivity contribution < 1.29 is 9.53 Å². The van der Waals surface area contributed by atoms with Crippen molar-refractivity contribution in [1.29, 1.82) is 0 Å². The molecule has 1 rings (SSSR count). The van der Waals surface area contributed by atoms with Crippen molar-refractivity contribution in [3.05, 3.63) is 10.5 Å². The van der Waals surface area contributed by atoms with Gasteiger partial charge in [0.1, 0.15) is 5.60 Å². The number of thioether (sulfide) groups is 1. The van der Waals surface area contributed by atoms with Crippen LogP contribution in [0.2, 0.25) is 0 Å². The Morgan fingerprint density at radius 3 is 2.72 bits per heavy atom. The van der Waals surface area contributed by atoms with Crippen molar-refractivity contribution in [2.75, 3.05) is 5.75 Å². The zero-order valence-corrected chi connectivity index (χ0v) is 12.0. The summed E-state index contributed by atoms with van der Waals surface area (Å²) in [6.45, 7) is 7.93. The van der Waals surface area contributed by atoms with Gasteiger partial charge >= 0.3 is 11.7 Å². The third-order valence-electron chi connectivity index (χ3n) is 2.00. The molecule has 1 heterocycles. The van der Waals surface area contributed by atoms with Crippen LogP contribution in [0.1, 0.15) is 34.1 Å². The second kappa shape index (κ2) is 6.08. The fraction of sp³-hybridized carbons (Fsp3) is 0.727. The van der Waals surface area contributed by atoms with Crippen molar-refractivity contribution >= 4 is 17.7 Å². The van der Waals surface area contributed by atoms with Gasteiger partial charge in [-0.3, -0.25) is 9.36 Å². The number of carbonyl (C=O) groups excluding carboxylic acids is 1. The van der Waals surface area contributed by atoms with Gasteiger partial charge in [-0.1, -0.05) is 11.8 Å². The molecule has 1 N–H and O–H groups in total. The van der Waals surface area contributed by atoms with Gasteiger partial charge in [-0.15, -0.1) is 5.10 Å². The average molecular weight is 273 g/mol. The van der Waals surface area contributed by atoms with E-state index in [9.17, 15) is 9.59 Å². The molecular formula is C11H19N3O3S. The zero-order valence-electron chi connectivity index (χ0n) is 11.1. The predicted molar refractivity (Wildman–Crippen MR) is 69.7 cm³/mol. The Hall–Kier alpha value is -1.24. The predicted octanol–water partition coefficient (Wildman–Crippen LogP) is 1.42. The monoisotopic (exact) mass is 273 g/mol. The van der Waals surface area contributed by atoms with Crippen molar-refractivity contribution in [3.63, 3.8) is 0 Å². The van der Waals surface area contributed by atoms with Crippen LogP contribution in [-0.2, 0) is 16.1 Å². The van der Waals surface area contributed by atoms with Gasteiger partial charge in [0, 0.05) is 12.3 Å². The van der Waals surface area contributed by atoms with Crippen molar-refractivity contribution in [2.24, 2.45) is 0 Å². The van der Waals surface area contributed by atoms with E-state index < -0.39 is 5.60 Å². The average Bonchev–Trinajstić information content (AvgIpc) is 2.56. The fourth-order valence-corrected chi connectivity index (χ4v) is 2.24. The maximum Gasteiger partial charge on any atom is 0.343 e. The Balaban J connectivity index is 2.42. The number of nitrogens with one attached hydrogen (secondary N) is 1. The van der Waals surface area contributed by atoms with Crippen LogP contribution in [-0.4, -0.2) is 32.1 Å². The van der Waals surface area contributed by atoms with Crippen LogP contribution in [0.25, 0.3) is 0 Å². The first-order valence-corrected chi connectivity index (χ1v) is 6.82. The number of aromatic nitrogens is 3. The SMILES string of the molecule is CCn1c(SCCC(=O)OC(C)(C)C)n[nH]c1=O. The summed E-state index contributed by atoms with van der Waals surface area (Å²) in [6.07, 6.45) is 0.298.